The van der Waals surface area contributed by atoms with E-state index in [9.17, 15) is 13.2 Å². The van der Waals surface area contributed by atoms with Crippen LogP contribution in [0.25, 0.3) is 0 Å². The van der Waals surface area contributed by atoms with Crippen molar-refractivity contribution >= 4 is 27.0 Å². The molecule has 0 atom stereocenters. The highest BCUT2D eigenvalue weighted by Gasteiger charge is 2.19. The summed E-state index contributed by atoms with van der Waals surface area (Å²) in [6.07, 6.45) is 1.17. The molecule has 0 bridgehead atoms. The Balaban J connectivity index is 2.71. The Bertz CT molecular complexity index is 509. The van der Waals surface area contributed by atoms with Crippen LogP contribution in [0.4, 0.5) is 0 Å². The number of aromatic nitrogens is 1. The van der Waals surface area contributed by atoms with E-state index in [-0.39, 0.29) is 17.6 Å². The van der Waals surface area contributed by atoms with Crippen LogP contribution in [-0.2, 0) is 26.5 Å². The first-order valence-electron chi connectivity index (χ1n) is 5.22. The summed E-state index contributed by atoms with van der Waals surface area (Å²) in [5, 5.41) is 2.60. The summed E-state index contributed by atoms with van der Waals surface area (Å²) in [4.78, 5) is 15.8. The van der Waals surface area contributed by atoms with E-state index >= 15 is 0 Å². The SMILES string of the molecule is CC(C)(C)c1csc(CC(=O)CS(C)(=O)=O)n1. The molecular weight excluding hydrogens is 258 g/mol. The lowest BCUT2D eigenvalue weighted by Crippen LogP contribution is -2.17. The first-order valence-corrected chi connectivity index (χ1v) is 8.16. The molecule has 0 N–H and O–H groups in total. The van der Waals surface area contributed by atoms with Crippen molar-refractivity contribution in [2.24, 2.45) is 0 Å². The van der Waals surface area contributed by atoms with E-state index in [1.807, 2.05) is 26.2 Å². The highest BCUT2D eigenvalue weighted by Crippen LogP contribution is 2.24. The van der Waals surface area contributed by atoms with Crippen LogP contribution in [0, 0.1) is 0 Å². The fourth-order valence-electron chi connectivity index (χ4n) is 1.25. The maximum atomic E-state index is 11.5. The lowest BCUT2D eigenvalue weighted by molar-refractivity contribution is -0.116. The van der Waals surface area contributed by atoms with Crippen LogP contribution >= 0.6 is 11.3 Å². The molecule has 0 unspecified atom stereocenters. The van der Waals surface area contributed by atoms with Crippen molar-refractivity contribution in [1.29, 1.82) is 0 Å². The van der Waals surface area contributed by atoms with Crippen LogP contribution in [0.1, 0.15) is 31.5 Å². The number of hydrogen-bond donors (Lipinski definition) is 0. The van der Waals surface area contributed by atoms with Crippen LogP contribution < -0.4 is 0 Å². The Morgan fingerprint density at radius 2 is 2.00 bits per heavy atom. The molecule has 0 saturated heterocycles. The Hall–Kier alpha value is -0.750. The van der Waals surface area contributed by atoms with Crippen molar-refractivity contribution in [1.82, 2.24) is 4.98 Å². The predicted molar refractivity (Wildman–Crippen MR) is 69.2 cm³/mol. The first-order chi connectivity index (χ1) is 7.58. The normalized spacial score (nSPS) is 12.7. The van der Waals surface area contributed by atoms with E-state index < -0.39 is 15.6 Å². The fraction of sp³-hybridized carbons (Fsp3) is 0.636. The molecule has 0 aliphatic carbocycles. The number of ketones is 1. The third-order valence-corrected chi connectivity index (χ3v) is 3.79. The molecule has 0 spiro atoms. The van der Waals surface area contributed by atoms with Crippen molar-refractivity contribution in [2.75, 3.05) is 12.0 Å². The highest BCUT2D eigenvalue weighted by atomic mass is 32.2. The summed E-state index contributed by atoms with van der Waals surface area (Å²) < 4.78 is 21.9. The van der Waals surface area contributed by atoms with Crippen molar-refractivity contribution < 1.29 is 13.2 Å². The van der Waals surface area contributed by atoms with Gasteiger partial charge in [-0.25, -0.2) is 13.4 Å². The third kappa shape index (κ3) is 4.95. The number of sulfone groups is 1. The van der Waals surface area contributed by atoms with Gasteiger partial charge in [0, 0.05) is 17.1 Å². The molecule has 1 aromatic rings. The maximum Gasteiger partial charge on any atom is 0.154 e. The topological polar surface area (TPSA) is 64.1 Å². The van der Waals surface area contributed by atoms with Gasteiger partial charge in [-0.05, 0) is 0 Å². The molecule has 1 rings (SSSR count). The molecule has 96 valence electrons. The zero-order chi connectivity index (χ0) is 13.3. The van der Waals surface area contributed by atoms with E-state index in [4.69, 9.17) is 0 Å². The number of nitrogens with zero attached hydrogens (tertiary/aromatic N) is 1. The number of carbonyl (C=O) groups excluding carboxylic acids is 1. The van der Waals surface area contributed by atoms with Gasteiger partial charge in [0.1, 0.15) is 10.8 Å². The van der Waals surface area contributed by atoms with Crippen LogP contribution in [0.3, 0.4) is 0 Å². The highest BCUT2D eigenvalue weighted by molar-refractivity contribution is 7.91. The van der Waals surface area contributed by atoms with Gasteiger partial charge >= 0.3 is 0 Å². The molecule has 0 aliphatic rings. The van der Waals surface area contributed by atoms with Gasteiger partial charge in [-0.15, -0.1) is 11.3 Å². The Labute approximate surface area is 106 Å². The zero-order valence-corrected chi connectivity index (χ0v) is 12.1. The molecule has 0 aliphatic heterocycles. The third-order valence-electron chi connectivity index (χ3n) is 2.09. The molecule has 0 aromatic carbocycles. The average molecular weight is 275 g/mol. The lowest BCUT2D eigenvalue weighted by atomic mass is 9.93. The van der Waals surface area contributed by atoms with Gasteiger partial charge in [-0.3, -0.25) is 4.79 Å². The van der Waals surface area contributed by atoms with E-state index in [1.165, 1.54) is 11.3 Å². The standard InChI is InChI=1S/C11H17NO3S2/c1-11(2,3)9-6-16-10(12-9)5-8(13)7-17(4,14)15/h6H,5,7H2,1-4H3. The van der Waals surface area contributed by atoms with Crippen LogP contribution in [0.15, 0.2) is 5.38 Å². The minimum atomic E-state index is -3.24. The molecule has 1 heterocycles. The predicted octanol–water partition coefficient (Wildman–Crippen LogP) is 1.60. The summed E-state index contributed by atoms with van der Waals surface area (Å²) in [6.45, 7) is 6.14. The van der Waals surface area contributed by atoms with Crippen molar-refractivity contribution in [2.45, 2.75) is 32.6 Å². The zero-order valence-electron chi connectivity index (χ0n) is 10.5. The number of rotatable bonds is 4. The molecule has 0 saturated carbocycles. The molecule has 0 amide bonds. The average Bonchev–Trinajstić information content (AvgIpc) is 2.47. The molecule has 6 heteroatoms. The van der Waals surface area contributed by atoms with Gasteiger partial charge in [0.2, 0.25) is 0 Å². The lowest BCUT2D eigenvalue weighted by Gasteiger charge is -2.14. The molecular formula is C11H17NO3S2. The van der Waals surface area contributed by atoms with Crippen LogP contribution in [0.5, 0.6) is 0 Å². The minimum Gasteiger partial charge on any atom is -0.298 e. The van der Waals surface area contributed by atoms with Crippen molar-refractivity contribution in [3.05, 3.63) is 16.1 Å². The summed E-state index contributed by atoms with van der Waals surface area (Å²) in [6, 6.07) is 0. The summed E-state index contributed by atoms with van der Waals surface area (Å²) >= 11 is 1.40. The second kappa shape index (κ2) is 4.86. The van der Waals surface area contributed by atoms with Gasteiger partial charge < -0.3 is 0 Å². The van der Waals surface area contributed by atoms with Crippen LogP contribution in [-0.4, -0.2) is 31.2 Å². The van der Waals surface area contributed by atoms with E-state index in [0.717, 1.165) is 11.9 Å². The van der Waals surface area contributed by atoms with E-state index in [0.29, 0.717) is 5.01 Å². The van der Waals surface area contributed by atoms with Crippen LogP contribution in [0.2, 0.25) is 0 Å². The molecule has 0 fully saturated rings. The maximum absolute atomic E-state index is 11.5. The molecule has 0 radical (unpaired) electrons. The quantitative estimate of drug-likeness (QED) is 0.837. The first kappa shape index (κ1) is 14.3. The van der Waals surface area contributed by atoms with Gasteiger partial charge in [0.05, 0.1) is 12.1 Å². The largest absolute Gasteiger partial charge is 0.298 e. The Kier molecular flexibility index (Phi) is 4.09. The molecule has 1 aromatic heterocycles. The van der Waals surface area contributed by atoms with Crippen molar-refractivity contribution in [3.63, 3.8) is 0 Å². The molecule has 17 heavy (non-hydrogen) atoms. The summed E-state index contributed by atoms with van der Waals surface area (Å²) in [5.74, 6) is -0.709. The van der Waals surface area contributed by atoms with Crippen molar-refractivity contribution in [3.8, 4) is 0 Å². The minimum absolute atomic E-state index is 0.0470. The Morgan fingerprint density at radius 3 is 2.41 bits per heavy atom. The van der Waals surface area contributed by atoms with Gasteiger partial charge in [0.25, 0.3) is 0 Å². The number of carbonyl (C=O) groups is 1. The second-order valence-electron chi connectivity index (χ2n) is 5.16. The smallest absolute Gasteiger partial charge is 0.154 e. The van der Waals surface area contributed by atoms with E-state index in [1.54, 1.807) is 0 Å². The number of hydrogen-bond acceptors (Lipinski definition) is 5. The van der Waals surface area contributed by atoms with Gasteiger partial charge in [-0.2, -0.15) is 0 Å². The Morgan fingerprint density at radius 1 is 1.41 bits per heavy atom. The van der Waals surface area contributed by atoms with E-state index in [2.05, 4.69) is 4.98 Å². The summed E-state index contributed by atoms with van der Waals surface area (Å²) in [7, 11) is -3.24. The second-order valence-corrected chi connectivity index (χ2v) is 8.24. The molecule has 4 nitrogen and oxygen atoms in total. The monoisotopic (exact) mass is 275 g/mol. The summed E-state index contributed by atoms with van der Waals surface area (Å²) in [5.41, 5.74) is 0.888. The number of thiazole rings is 1. The fourth-order valence-corrected chi connectivity index (χ4v) is 2.98. The number of Topliss-reactive ketones (excluding diaryl/α,β-unsaturated/α-hetero) is 1. The van der Waals surface area contributed by atoms with Gasteiger partial charge in [-0.1, -0.05) is 20.8 Å². The van der Waals surface area contributed by atoms with Gasteiger partial charge in [0.15, 0.2) is 15.6 Å².